The summed E-state index contributed by atoms with van der Waals surface area (Å²) in [5.41, 5.74) is 0.914. The average Bonchev–Trinajstić information content (AvgIpc) is 2.26. The topological polar surface area (TPSA) is 0 Å². The van der Waals surface area contributed by atoms with Crippen molar-refractivity contribution in [2.75, 3.05) is 21.1 Å². The molecule has 0 aromatic rings. The lowest BCUT2D eigenvalue weighted by atomic mass is 9.56. The molecule has 0 aromatic carbocycles. The van der Waals surface area contributed by atoms with E-state index in [2.05, 4.69) is 69.6 Å². The minimum absolute atomic E-state index is 0. The fourth-order valence-electron chi connectivity index (χ4n) is 3.15. The van der Waals surface area contributed by atoms with E-state index in [1.165, 1.54) is 38.5 Å². The second-order valence-corrected chi connectivity index (χ2v) is 9.24. The predicted molar refractivity (Wildman–Crippen MR) is 93.0 cm³/mol. The molecule has 0 radical (unpaired) electrons. The standard InChI is InChI=1S/C19H42N.BrH/c1-11-12-13-14-15-16-17(2,3)18(4,5)19(6,7)20(8,9)10;/h11-16H2,1-10H3;1H/q+1;/p-1. The van der Waals surface area contributed by atoms with Crippen LogP contribution in [0.25, 0.3) is 0 Å². The Balaban J connectivity index is 0. The van der Waals surface area contributed by atoms with Gasteiger partial charge in [0.05, 0.1) is 26.7 Å². The summed E-state index contributed by atoms with van der Waals surface area (Å²) in [4.78, 5) is 0. The molecule has 0 spiro atoms. The molecule has 0 N–H and O–H groups in total. The van der Waals surface area contributed by atoms with E-state index in [0.717, 1.165) is 4.48 Å². The Labute approximate surface area is 146 Å². The molecule has 21 heavy (non-hydrogen) atoms. The van der Waals surface area contributed by atoms with Crippen LogP contribution in [-0.2, 0) is 0 Å². The first-order valence-electron chi connectivity index (χ1n) is 8.63. The van der Waals surface area contributed by atoms with Gasteiger partial charge in [0.1, 0.15) is 0 Å². The molecule has 0 saturated carbocycles. The molecule has 0 aromatic heterocycles. The molecule has 0 saturated heterocycles. The minimum Gasteiger partial charge on any atom is -1.00 e. The Bertz CT molecular complexity index is 284. The van der Waals surface area contributed by atoms with Gasteiger partial charge in [0.25, 0.3) is 0 Å². The number of quaternary nitrogens is 1. The third kappa shape index (κ3) is 5.53. The fraction of sp³-hybridized carbons (Fsp3) is 1.00. The second-order valence-electron chi connectivity index (χ2n) is 9.24. The molecule has 1 nitrogen and oxygen atoms in total. The first kappa shape index (κ1) is 23.7. The van der Waals surface area contributed by atoms with Crippen LogP contribution in [0.5, 0.6) is 0 Å². The predicted octanol–water partition coefficient (Wildman–Crippen LogP) is 2.89. The molecule has 0 heterocycles. The van der Waals surface area contributed by atoms with Crippen LogP contribution in [0, 0.1) is 10.8 Å². The van der Waals surface area contributed by atoms with E-state index in [9.17, 15) is 0 Å². The molecule has 0 unspecified atom stereocenters. The SMILES string of the molecule is CCCCCCCC(C)(C)C(C)(C)C(C)(C)[N+](C)(C)C.[Br-]. The first-order chi connectivity index (χ1) is 8.81. The normalized spacial score (nSPS) is 14.0. The van der Waals surface area contributed by atoms with Gasteiger partial charge in [-0.15, -0.1) is 0 Å². The summed E-state index contributed by atoms with van der Waals surface area (Å²) in [7, 11) is 7.00. The maximum absolute atomic E-state index is 2.48. The van der Waals surface area contributed by atoms with Crippen LogP contribution in [0.4, 0.5) is 0 Å². The molecule has 0 aliphatic carbocycles. The Morgan fingerprint density at radius 3 is 1.52 bits per heavy atom. The number of hydrogen-bond acceptors (Lipinski definition) is 0. The van der Waals surface area contributed by atoms with Gasteiger partial charge >= 0.3 is 0 Å². The summed E-state index contributed by atoms with van der Waals surface area (Å²) in [6.45, 7) is 17.1. The van der Waals surface area contributed by atoms with Crippen molar-refractivity contribution < 1.29 is 21.5 Å². The molecule has 0 bridgehead atoms. The number of hydrogen-bond donors (Lipinski definition) is 0. The van der Waals surface area contributed by atoms with Gasteiger partial charge in [0.15, 0.2) is 0 Å². The quantitative estimate of drug-likeness (QED) is 0.436. The van der Waals surface area contributed by atoms with E-state index in [-0.39, 0.29) is 22.5 Å². The third-order valence-corrected chi connectivity index (χ3v) is 6.80. The summed E-state index contributed by atoms with van der Waals surface area (Å²) >= 11 is 0. The van der Waals surface area contributed by atoms with E-state index in [4.69, 9.17) is 0 Å². The van der Waals surface area contributed by atoms with Crippen molar-refractivity contribution in [2.24, 2.45) is 10.8 Å². The molecule has 0 aliphatic heterocycles. The van der Waals surface area contributed by atoms with Crippen molar-refractivity contribution in [3.05, 3.63) is 0 Å². The van der Waals surface area contributed by atoms with E-state index in [1.54, 1.807) is 0 Å². The average molecular weight is 364 g/mol. The van der Waals surface area contributed by atoms with Gasteiger partial charge < -0.3 is 21.5 Å². The maximum atomic E-state index is 2.48. The van der Waals surface area contributed by atoms with Crippen molar-refractivity contribution in [3.63, 3.8) is 0 Å². The zero-order valence-corrected chi connectivity index (χ0v) is 18.2. The van der Waals surface area contributed by atoms with Gasteiger partial charge in [-0.3, -0.25) is 0 Å². The first-order valence-corrected chi connectivity index (χ1v) is 8.63. The van der Waals surface area contributed by atoms with Gasteiger partial charge in [-0.25, -0.2) is 0 Å². The number of unbranched alkanes of at least 4 members (excludes halogenated alkanes) is 4. The smallest absolute Gasteiger partial charge is 0.0985 e. The third-order valence-electron chi connectivity index (χ3n) is 6.80. The molecule has 0 atom stereocenters. The van der Waals surface area contributed by atoms with Gasteiger partial charge in [-0.2, -0.15) is 0 Å². The zero-order chi connectivity index (χ0) is 16.2. The van der Waals surface area contributed by atoms with E-state index in [1.807, 2.05) is 0 Å². The molecular weight excluding hydrogens is 322 g/mol. The van der Waals surface area contributed by atoms with Gasteiger partial charge in [-0.1, -0.05) is 66.7 Å². The number of rotatable bonds is 9. The highest BCUT2D eigenvalue weighted by molar-refractivity contribution is 4.97. The van der Waals surface area contributed by atoms with E-state index < -0.39 is 0 Å². The van der Waals surface area contributed by atoms with Crippen LogP contribution < -0.4 is 17.0 Å². The zero-order valence-electron chi connectivity index (χ0n) is 16.6. The highest BCUT2D eigenvalue weighted by Crippen LogP contribution is 2.52. The lowest BCUT2D eigenvalue weighted by Crippen LogP contribution is -3.00. The van der Waals surface area contributed by atoms with Crippen molar-refractivity contribution in [1.82, 2.24) is 0 Å². The molecular formula is C19H42BrN. The monoisotopic (exact) mass is 363 g/mol. The largest absolute Gasteiger partial charge is 1.00 e. The van der Waals surface area contributed by atoms with Gasteiger partial charge in [0, 0.05) is 5.41 Å². The molecule has 0 rings (SSSR count). The highest BCUT2D eigenvalue weighted by atomic mass is 79.9. The van der Waals surface area contributed by atoms with Gasteiger partial charge in [0.2, 0.25) is 0 Å². The van der Waals surface area contributed by atoms with Crippen LogP contribution in [0.3, 0.4) is 0 Å². The molecule has 130 valence electrons. The van der Waals surface area contributed by atoms with Crippen molar-refractivity contribution in [2.45, 2.75) is 92.5 Å². The Kier molecular flexibility index (Phi) is 9.41. The second kappa shape index (κ2) is 8.34. The summed E-state index contributed by atoms with van der Waals surface area (Å²) in [5, 5.41) is 0. The Hall–Kier alpha value is 0.440. The van der Waals surface area contributed by atoms with Crippen molar-refractivity contribution >= 4 is 0 Å². The summed E-state index contributed by atoms with van der Waals surface area (Å²) in [5.74, 6) is 0. The Morgan fingerprint density at radius 1 is 0.714 bits per heavy atom. The minimum atomic E-state index is 0. The number of nitrogens with zero attached hydrogens (tertiary/aromatic N) is 1. The maximum Gasteiger partial charge on any atom is 0.0985 e. The highest BCUT2D eigenvalue weighted by Gasteiger charge is 2.54. The summed E-state index contributed by atoms with van der Waals surface area (Å²) in [6, 6.07) is 0. The molecule has 0 amide bonds. The molecule has 2 heteroatoms. The van der Waals surface area contributed by atoms with Crippen LogP contribution in [0.1, 0.15) is 87.0 Å². The van der Waals surface area contributed by atoms with E-state index >= 15 is 0 Å². The van der Waals surface area contributed by atoms with Gasteiger partial charge in [-0.05, 0) is 25.7 Å². The van der Waals surface area contributed by atoms with Crippen LogP contribution in [0.15, 0.2) is 0 Å². The molecule has 0 aliphatic rings. The lowest BCUT2D eigenvalue weighted by Gasteiger charge is -2.57. The van der Waals surface area contributed by atoms with Crippen LogP contribution in [-0.4, -0.2) is 31.2 Å². The van der Waals surface area contributed by atoms with E-state index in [0.29, 0.717) is 10.8 Å². The fourth-order valence-corrected chi connectivity index (χ4v) is 3.15. The van der Waals surface area contributed by atoms with Crippen molar-refractivity contribution in [1.29, 1.82) is 0 Å². The Morgan fingerprint density at radius 2 is 1.14 bits per heavy atom. The van der Waals surface area contributed by atoms with Crippen LogP contribution >= 0.6 is 0 Å². The van der Waals surface area contributed by atoms with Crippen molar-refractivity contribution in [3.8, 4) is 0 Å². The van der Waals surface area contributed by atoms with Crippen LogP contribution in [0.2, 0.25) is 0 Å². The number of halogens is 1. The lowest BCUT2D eigenvalue weighted by molar-refractivity contribution is -0.929. The summed E-state index contributed by atoms with van der Waals surface area (Å²) < 4.78 is 1.01. The summed E-state index contributed by atoms with van der Waals surface area (Å²) in [6.07, 6.45) is 8.26. The molecule has 0 fully saturated rings.